The van der Waals surface area contributed by atoms with Crippen LogP contribution in [0.3, 0.4) is 0 Å². The van der Waals surface area contributed by atoms with Gasteiger partial charge in [0.25, 0.3) is 5.91 Å². The number of hydrogen-bond acceptors (Lipinski definition) is 1. The fourth-order valence-electron chi connectivity index (χ4n) is 1.03. The molecule has 0 fully saturated rings. The van der Waals surface area contributed by atoms with Crippen LogP contribution >= 0.6 is 0 Å². The Kier molecular flexibility index (Phi) is 4.78. The van der Waals surface area contributed by atoms with Gasteiger partial charge < -0.3 is 4.90 Å². The molecule has 0 saturated carbocycles. The quantitative estimate of drug-likeness (QED) is 0.645. The molecule has 72 valence electrons. The van der Waals surface area contributed by atoms with Gasteiger partial charge >= 0.3 is 6.43 Å². The Hall–Kier alpha value is -0.670. The summed E-state index contributed by atoms with van der Waals surface area (Å²) in [5.41, 5.74) is 0. The Morgan fingerprint density at radius 3 is 2.17 bits per heavy atom. The van der Waals surface area contributed by atoms with Crippen molar-refractivity contribution in [3.05, 3.63) is 0 Å². The lowest BCUT2D eigenvalue weighted by molar-refractivity contribution is -0.144. The average Bonchev–Trinajstić information content (AvgIpc) is 2.05. The van der Waals surface area contributed by atoms with Crippen molar-refractivity contribution < 1.29 is 13.6 Å². The first-order valence-corrected chi connectivity index (χ1v) is 4.13. The normalized spacial score (nSPS) is 13.2. The lowest BCUT2D eigenvalue weighted by Crippen LogP contribution is -2.41. The van der Waals surface area contributed by atoms with Crippen LogP contribution in [-0.2, 0) is 4.79 Å². The summed E-state index contributed by atoms with van der Waals surface area (Å²) in [7, 11) is 0. The van der Waals surface area contributed by atoms with Crippen LogP contribution in [0.4, 0.5) is 8.78 Å². The number of alkyl halides is 2. The first-order chi connectivity index (χ1) is 5.54. The fourth-order valence-corrected chi connectivity index (χ4v) is 1.03. The number of hydrogen-bond donors (Lipinski definition) is 0. The monoisotopic (exact) mass is 179 g/mol. The van der Waals surface area contributed by atoms with Gasteiger partial charge in [0.15, 0.2) is 0 Å². The Bertz CT molecular complexity index is 150. The van der Waals surface area contributed by atoms with E-state index >= 15 is 0 Å². The van der Waals surface area contributed by atoms with E-state index in [-0.39, 0.29) is 6.04 Å². The maximum Gasteiger partial charge on any atom is 0.315 e. The van der Waals surface area contributed by atoms with Gasteiger partial charge in [-0.2, -0.15) is 8.78 Å². The van der Waals surface area contributed by atoms with Crippen LogP contribution in [0.25, 0.3) is 0 Å². The Labute approximate surface area is 71.5 Å². The maximum absolute atomic E-state index is 12.0. The van der Waals surface area contributed by atoms with Gasteiger partial charge in [0, 0.05) is 12.6 Å². The van der Waals surface area contributed by atoms with Crippen molar-refractivity contribution in [2.24, 2.45) is 0 Å². The van der Waals surface area contributed by atoms with E-state index < -0.39 is 12.3 Å². The highest BCUT2D eigenvalue weighted by molar-refractivity contribution is 5.79. The predicted molar refractivity (Wildman–Crippen MR) is 43.1 cm³/mol. The van der Waals surface area contributed by atoms with E-state index in [0.29, 0.717) is 13.0 Å². The molecule has 4 heteroatoms. The topological polar surface area (TPSA) is 20.3 Å². The van der Waals surface area contributed by atoms with Crippen LogP contribution in [-0.4, -0.2) is 29.8 Å². The Balaban J connectivity index is 4.24. The zero-order chi connectivity index (χ0) is 9.72. The third-order valence-corrected chi connectivity index (χ3v) is 1.93. The van der Waals surface area contributed by atoms with Gasteiger partial charge in [0.2, 0.25) is 0 Å². The van der Waals surface area contributed by atoms with Crippen molar-refractivity contribution >= 4 is 5.91 Å². The van der Waals surface area contributed by atoms with Crippen LogP contribution in [0.15, 0.2) is 0 Å². The summed E-state index contributed by atoms with van der Waals surface area (Å²) in [6.45, 7) is 5.68. The maximum atomic E-state index is 12.0. The van der Waals surface area contributed by atoms with E-state index in [0.717, 1.165) is 0 Å². The largest absolute Gasteiger partial charge is 0.335 e. The number of rotatable bonds is 4. The van der Waals surface area contributed by atoms with Crippen molar-refractivity contribution in [1.82, 2.24) is 4.90 Å². The molecule has 0 radical (unpaired) electrons. The summed E-state index contributed by atoms with van der Waals surface area (Å²) < 4.78 is 23.9. The van der Waals surface area contributed by atoms with Crippen LogP contribution in [0.1, 0.15) is 27.2 Å². The third kappa shape index (κ3) is 2.75. The van der Waals surface area contributed by atoms with Crippen molar-refractivity contribution in [3.8, 4) is 0 Å². The molecule has 1 amide bonds. The molecule has 0 aliphatic heterocycles. The van der Waals surface area contributed by atoms with Crippen LogP contribution in [0.5, 0.6) is 0 Å². The number of nitrogens with zero attached hydrogens (tertiary/aromatic N) is 1. The standard InChI is InChI=1S/C8H15F2NO/c1-4-6(3)11(5-2)8(12)7(9)10/h6-7H,4-5H2,1-3H3. The SMILES string of the molecule is CCC(C)N(CC)C(=O)C(F)F. The molecule has 0 spiro atoms. The predicted octanol–water partition coefficient (Wildman–Crippen LogP) is 1.90. The highest BCUT2D eigenvalue weighted by Crippen LogP contribution is 2.07. The van der Waals surface area contributed by atoms with Gasteiger partial charge in [-0.25, -0.2) is 0 Å². The molecule has 0 heterocycles. The number of carbonyl (C=O) groups excluding carboxylic acids is 1. The average molecular weight is 179 g/mol. The Morgan fingerprint density at radius 1 is 1.42 bits per heavy atom. The molecule has 0 aliphatic carbocycles. The van der Waals surface area contributed by atoms with Gasteiger partial charge in [-0.15, -0.1) is 0 Å². The van der Waals surface area contributed by atoms with Crippen molar-refractivity contribution in [1.29, 1.82) is 0 Å². The van der Waals surface area contributed by atoms with Crippen molar-refractivity contribution in [3.63, 3.8) is 0 Å². The summed E-state index contributed by atoms with van der Waals surface area (Å²) >= 11 is 0. The van der Waals surface area contributed by atoms with E-state index in [1.165, 1.54) is 4.90 Å². The minimum Gasteiger partial charge on any atom is -0.335 e. The van der Waals surface area contributed by atoms with Crippen LogP contribution < -0.4 is 0 Å². The molecule has 1 atom stereocenters. The molecule has 0 bridgehead atoms. The minimum absolute atomic E-state index is 0.100. The lowest BCUT2D eigenvalue weighted by Gasteiger charge is -2.26. The highest BCUT2D eigenvalue weighted by Gasteiger charge is 2.24. The molecule has 0 aliphatic rings. The van der Waals surface area contributed by atoms with E-state index in [2.05, 4.69) is 0 Å². The molecule has 2 nitrogen and oxygen atoms in total. The van der Waals surface area contributed by atoms with Gasteiger partial charge in [0.05, 0.1) is 0 Å². The molecular weight excluding hydrogens is 164 g/mol. The smallest absolute Gasteiger partial charge is 0.315 e. The molecule has 0 aromatic rings. The molecular formula is C8H15F2NO. The molecule has 12 heavy (non-hydrogen) atoms. The van der Waals surface area contributed by atoms with E-state index in [1.54, 1.807) is 13.8 Å². The van der Waals surface area contributed by atoms with E-state index in [9.17, 15) is 13.6 Å². The highest BCUT2D eigenvalue weighted by atomic mass is 19.3. The molecule has 1 unspecified atom stereocenters. The third-order valence-electron chi connectivity index (χ3n) is 1.93. The molecule has 0 aromatic heterocycles. The van der Waals surface area contributed by atoms with E-state index in [1.807, 2.05) is 6.92 Å². The number of halogens is 2. The molecule has 0 aromatic carbocycles. The van der Waals surface area contributed by atoms with Crippen LogP contribution in [0.2, 0.25) is 0 Å². The summed E-state index contributed by atoms with van der Waals surface area (Å²) in [6.07, 6.45) is -2.18. The second kappa shape index (κ2) is 5.06. The zero-order valence-electron chi connectivity index (χ0n) is 7.68. The van der Waals surface area contributed by atoms with Gasteiger partial charge in [-0.05, 0) is 20.3 Å². The van der Waals surface area contributed by atoms with Gasteiger partial charge in [0.1, 0.15) is 0 Å². The Morgan fingerprint density at radius 2 is 1.92 bits per heavy atom. The summed E-state index contributed by atoms with van der Waals surface area (Å²) in [5.74, 6) is -1.06. The first-order valence-electron chi connectivity index (χ1n) is 4.13. The zero-order valence-corrected chi connectivity index (χ0v) is 7.68. The first kappa shape index (κ1) is 11.3. The summed E-state index contributed by atoms with van der Waals surface area (Å²) in [5, 5.41) is 0. The number of amides is 1. The summed E-state index contributed by atoms with van der Waals surface area (Å²) in [6, 6.07) is -0.100. The fraction of sp³-hybridized carbons (Fsp3) is 0.875. The van der Waals surface area contributed by atoms with Crippen molar-refractivity contribution in [2.75, 3.05) is 6.54 Å². The second-order valence-electron chi connectivity index (χ2n) is 2.68. The van der Waals surface area contributed by atoms with E-state index in [4.69, 9.17) is 0 Å². The second-order valence-corrected chi connectivity index (χ2v) is 2.68. The van der Waals surface area contributed by atoms with Gasteiger partial charge in [-0.3, -0.25) is 4.79 Å². The molecule has 0 saturated heterocycles. The minimum atomic E-state index is -2.88. The molecule has 0 rings (SSSR count). The van der Waals surface area contributed by atoms with Crippen molar-refractivity contribution in [2.45, 2.75) is 39.7 Å². The summed E-state index contributed by atoms with van der Waals surface area (Å²) in [4.78, 5) is 12.0. The van der Waals surface area contributed by atoms with Gasteiger partial charge in [-0.1, -0.05) is 6.92 Å². The van der Waals surface area contributed by atoms with Crippen LogP contribution in [0, 0.1) is 0 Å². The molecule has 0 N–H and O–H groups in total. The lowest BCUT2D eigenvalue weighted by atomic mass is 10.2. The number of carbonyl (C=O) groups is 1.